The van der Waals surface area contributed by atoms with E-state index in [4.69, 9.17) is 16.4 Å². The molecule has 0 amide bonds. The van der Waals surface area contributed by atoms with E-state index in [0.717, 1.165) is 5.56 Å². The third-order valence-corrected chi connectivity index (χ3v) is 8.05. The Labute approximate surface area is 206 Å². The molecule has 0 fully saturated rings. The fourth-order valence-electron chi connectivity index (χ4n) is 3.17. The topological polar surface area (TPSA) is 68.6 Å². The van der Waals surface area contributed by atoms with E-state index in [-0.39, 0.29) is 28.8 Å². The molecule has 1 aromatic heterocycles. The maximum absolute atomic E-state index is 13.2. The minimum Gasteiger partial charge on any atom is -0.391 e. The molecule has 0 unspecified atom stereocenters. The van der Waals surface area contributed by atoms with Gasteiger partial charge in [-0.1, -0.05) is 59.2 Å². The molecule has 0 radical (unpaired) electrons. The molecule has 0 aliphatic carbocycles. The van der Waals surface area contributed by atoms with Gasteiger partial charge in [0.15, 0.2) is 9.84 Å². The van der Waals surface area contributed by atoms with Crippen molar-refractivity contribution in [3.8, 4) is 10.6 Å². The van der Waals surface area contributed by atoms with Gasteiger partial charge in [0.05, 0.1) is 15.5 Å². The predicted octanol–water partition coefficient (Wildman–Crippen LogP) is 6.31. The second-order valence-corrected chi connectivity index (χ2v) is 10.9. The van der Waals surface area contributed by atoms with Crippen LogP contribution in [0.1, 0.15) is 16.1 Å². The van der Waals surface area contributed by atoms with E-state index < -0.39 is 9.84 Å². The number of sulfone groups is 1. The molecule has 3 aromatic carbocycles. The third kappa shape index (κ3) is 5.88. The molecule has 0 bridgehead atoms. The van der Waals surface area contributed by atoms with E-state index in [0.29, 0.717) is 26.2 Å². The Balaban J connectivity index is 1.67. The van der Waals surface area contributed by atoms with Gasteiger partial charge in [0.25, 0.3) is 0 Å². The lowest BCUT2D eigenvalue weighted by Crippen LogP contribution is -2.18. The zero-order valence-corrected chi connectivity index (χ0v) is 20.5. The average Bonchev–Trinajstić information content (AvgIpc) is 3.22. The highest BCUT2D eigenvalue weighted by molar-refractivity contribution is 7.92. The van der Waals surface area contributed by atoms with Gasteiger partial charge < -0.3 is 4.84 Å². The Bertz CT molecular complexity index is 1400. The Morgan fingerprint density at radius 3 is 2.38 bits per heavy atom. The van der Waals surface area contributed by atoms with E-state index in [1.807, 2.05) is 12.1 Å². The van der Waals surface area contributed by atoms with Crippen molar-refractivity contribution in [2.24, 2.45) is 5.16 Å². The van der Waals surface area contributed by atoms with Crippen molar-refractivity contribution >= 4 is 38.5 Å². The first-order valence-electron chi connectivity index (χ1n) is 10.3. The Morgan fingerprint density at radius 2 is 1.71 bits per heavy atom. The van der Waals surface area contributed by atoms with Gasteiger partial charge in [-0.05, 0) is 48.9 Å². The molecule has 5 nitrogen and oxygen atoms in total. The second kappa shape index (κ2) is 10.5. The van der Waals surface area contributed by atoms with Crippen molar-refractivity contribution in [3.63, 3.8) is 0 Å². The van der Waals surface area contributed by atoms with Gasteiger partial charge in [0, 0.05) is 10.6 Å². The molecule has 4 aromatic rings. The van der Waals surface area contributed by atoms with Crippen LogP contribution in [0.25, 0.3) is 10.6 Å². The number of aromatic nitrogens is 1. The second-order valence-electron chi connectivity index (χ2n) is 7.45. The van der Waals surface area contributed by atoms with Crippen molar-refractivity contribution in [2.75, 3.05) is 5.75 Å². The summed E-state index contributed by atoms with van der Waals surface area (Å²) in [4.78, 5) is 10.9. The minimum atomic E-state index is -3.68. The van der Waals surface area contributed by atoms with Gasteiger partial charge in [-0.2, -0.15) is 0 Å². The third-order valence-electron chi connectivity index (χ3n) is 4.90. The summed E-state index contributed by atoms with van der Waals surface area (Å²) >= 11 is 7.32. The first-order valence-corrected chi connectivity index (χ1v) is 13.1. The number of hydrogen-bond donors (Lipinski definition) is 0. The summed E-state index contributed by atoms with van der Waals surface area (Å²) in [5.41, 5.74) is 2.46. The lowest BCUT2D eigenvalue weighted by Gasteiger charge is -2.08. The molecule has 0 saturated heterocycles. The van der Waals surface area contributed by atoms with Gasteiger partial charge in [0.1, 0.15) is 28.9 Å². The van der Waals surface area contributed by atoms with Crippen molar-refractivity contribution in [1.29, 1.82) is 0 Å². The molecule has 0 saturated carbocycles. The molecule has 0 aliphatic rings. The summed E-state index contributed by atoms with van der Waals surface area (Å²) in [6.07, 6.45) is 0. The van der Waals surface area contributed by atoms with Gasteiger partial charge in [-0.25, -0.2) is 17.8 Å². The van der Waals surface area contributed by atoms with Crippen LogP contribution >= 0.6 is 22.9 Å². The molecule has 9 heteroatoms. The fraction of sp³-hybridized carbons (Fsp3) is 0.120. The molecule has 0 spiro atoms. The van der Waals surface area contributed by atoms with Crippen LogP contribution in [0.5, 0.6) is 0 Å². The van der Waals surface area contributed by atoms with Crippen LogP contribution in [0, 0.1) is 12.7 Å². The van der Waals surface area contributed by atoms with Gasteiger partial charge >= 0.3 is 0 Å². The van der Waals surface area contributed by atoms with Crippen molar-refractivity contribution in [2.45, 2.75) is 18.4 Å². The van der Waals surface area contributed by atoms with Gasteiger partial charge in [-0.3, -0.25) is 0 Å². The number of nitrogens with zero attached hydrogens (tertiary/aromatic N) is 2. The van der Waals surface area contributed by atoms with E-state index in [1.54, 1.807) is 61.5 Å². The Morgan fingerprint density at radius 1 is 1.03 bits per heavy atom. The van der Waals surface area contributed by atoms with Crippen LogP contribution in [0.2, 0.25) is 5.02 Å². The summed E-state index contributed by atoms with van der Waals surface area (Å²) in [5, 5.41) is 5.53. The zero-order chi connectivity index (χ0) is 24.1. The normalized spacial score (nSPS) is 12.0. The standard InChI is InChI=1S/C25H20ClFN2O3S2/c1-17-24(33-25(28-17)19-9-11-20(26)12-10-19)23(16-34(30,31)22-5-3-2-4-6-22)29-32-15-18-7-13-21(27)14-8-18/h2-14H,15-16H2,1H3/b29-23+. The number of oxime groups is 1. The summed E-state index contributed by atoms with van der Waals surface area (Å²) in [6.45, 7) is 1.87. The number of thiazole rings is 1. The largest absolute Gasteiger partial charge is 0.391 e. The van der Waals surface area contributed by atoms with E-state index >= 15 is 0 Å². The molecule has 0 atom stereocenters. The quantitative estimate of drug-likeness (QED) is 0.204. The highest BCUT2D eigenvalue weighted by atomic mass is 35.5. The van der Waals surface area contributed by atoms with Gasteiger partial charge in [-0.15, -0.1) is 11.3 Å². The number of aryl methyl sites for hydroxylation is 1. The fourth-order valence-corrected chi connectivity index (χ4v) is 5.73. The number of rotatable bonds is 8. The average molecular weight is 515 g/mol. The molecule has 34 heavy (non-hydrogen) atoms. The number of halogens is 2. The van der Waals surface area contributed by atoms with Gasteiger partial charge in [0.2, 0.25) is 0 Å². The minimum absolute atomic E-state index is 0.0665. The smallest absolute Gasteiger partial charge is 0.184 e. The summed E-state index contributed by atoms with van der Waals surface area (Å²) in [7, 11) is -3.68. The first kappa shape index (κ1) is 24.1. The highest BCUT2D eigenvalue weighted by Gasteiger charge is 2.23. The first-order chi connectivity index (χ1) is 16.3. The Kier molecular flexibility index (Phi) is 7.41. The molecule has 0 aliphatic heterocycles. The maximum atomic E-state index is 13.2. The van der Waals surface area contributed by atoms with Crippen LogP contribution in [-0.2, 0) is 21.3 Å². The highest BCUT2D eigenvalue weighted by Crippen LogP contribution is 2.30. The molecule has 174 valence electrons. The maximum Gasteiger partial charge on any atom is 0.184 e. The SMILES string of the molecule is Cc1nc(-c2ccc(Cl)cc2)sc1/C(CS(=O)(=O)c1ccccc1)=N/OCc1ccc(F)cc1. The summed E-state index contributed by atoms with van der Waals surface area (Å²) in [6, 6.07) is 21.3. The number of benzene rings is 3. The molecule has 4 rings (SSSR count). The molecule has 0 N–H and O–H groups in total. The van der Waals surface area contributed by atoms with Crippen molar-refractivity contribution in [3.05, 3.63) is 106 Å². The summed E-state index contributed by atoms with van der Waals surface area (Å²) < 4.78 is 39.4. The number of hydrogen-bond acceptors (Lipinski definition) is 6. The van der Waals surface area contributed by atoms with Crippen molar-refractivity contribution < 1.29 is 17.6 Å². The van der Waals surface area contributed by atoms with E-state index in [2.05, 4.69) is 10.1 Å². The summed E-state index contributed by atoms with van der Waals surface area (Å²) in [5.74, 6) is -0.708. The molecular weight excluding hydrogens is 495 g/mol. The van der Waals surface area contributed by atoms with E-state index in [1.165, 1.54) is 23.5 Å². The molecule has 1 heterocycles. The monoisotopic (exact) mass is 514 g/mol. The molecular formula is C25H20ClFN2O3S2. The van der Waals surface area contributed by atoms with Crippen LogP contribution in [-0.4, -0.2) is 24.9 Å². The van der Waals surface area contributed by atoms with Crippen LogP contribution in [0.3, 0.4) is 0 Å². The predicted molar refractivity (Wildman–Crippen MR) is 134 cm³/mol. The van der Waals surface area contributed by atoms with Crippen LogP contribution in [0.15, 0.2) is 88.9 Å². The van der Waals surface area contributed by atoms with Crippen molar-refractivity contribution in [1.82, 2.24) is 4.98 Å². The van der Waals surface area contributed by atoms with Crippen LogP contribution in [0.4, 0.5) is 4.39 Å². The lowest BCUT2D eigenvalue weighted by molar-refractivity contribution is 0.130. The Hall–Kier alpha value is -3.07. The zero-order valence-electron chi connectivity index (χ0n) is 18.1. The lowest BCUT2D eigenvalue weighted by atomic mass is 10.2. The van der Waals surface area contributed by atoms with E-state index in [9.17, 15) is 12.8 Å². The van der Waals surface area contributed by atoms with Crippen LogP contribution < -0.4 is 0 Å².